The van der Waals surface area contributed by atoms with Crippen LogP contribution in [0.15, 0.2) is 100 Å². The Balaban J connectivity index is 1.54. The first kappa shape index (κ1) is 35.9. The molecule has 1 aliphatic rings. The number of hydrogen-bond donors (Lipinski definition) is 0. The van der Waals surface area contributed by atoms with Gasteiger partial charge in [0.05, 0.1) is 21.2 Å². The summed E-state index contributed by atoms with van der Waals surface area (Å²) in [7, 11) is -4.23. The van der Waals surface area contributed by atoms with Gasteiger partial charge < -0.3 is 4.74 Å². The standard InChI is InChI=1S/C33H25BrF9NO3S/c34-26-15-23(13-14-29(26)37)48(45,46)30-18-44(16-20-5-2-1-3-6-20)17-24(30)21-9-11-22(12-10-21)31(32(38,39)40,33(41,42)43)47-19-25-27(35)7-4-8-28(25)36/h1-15,24,30H,16-19H2. The third-order valence-corrected chi connectivity index (χ3v) is 11.0. The summed E-state index contributed by atoms with van der Waals surface area (Å²) in [5.74, 6) is -4.44. The predicted molar refractivity (Wildman–Crippen MR) is 161 cm³/mol. The van der Waals surface area contributed by atoms with Gasteiger partial charge in [0.2, 0.25) is 0 Å². The summed E-state index contributed by atoms with van der Waals surface area (Å²) in [5, 5.41) is -1.22. The first-order chi connectivity index (χ1) is 22.5. The number of ether oxygens (including phenoxy) is 1. The fraction of sp³-hybridized carbons (Fsp3) is 0.273. The van der Waals surface area contributed by atoms with Crippen molar-refractivity contribution in [3.63, 3.8) is 0 Å². The SMILES string of the molecule is O=S(=O)(c1ccc(F)c(Br)c1)C1CN(Cc2ccccc2)CC1c1ccc(C(OCc2c(F)cccc2F)(C(F)(F)F)C(F)(F)F)cc1. The highest BCUT2D eigenvalue weighted by atomic mass is 79.9. The van der Waals surface area contributed by atoms with E-state index < -0.39 is 74.1 Å². The molecule has 48 heavy (non-hydrogen) atoms. The van der Waals surface area contributed by atoms with E-state index in [4.69, 9.17) is 0 Å². The van der Waals surface area contributed by atoms with Crippen LogP contribution in [0, 0.1) is 17.5 Å². The van der Waals surface area contributed by atoms with E-state index in [2.05, 4.69) is 20.7 Å². The molecule has 1 heterocycles. The quantitative estimate of drug-likeness (QED) is 0.126. The number of benzene rings is 4. The molecule has 2 atom stereocenters. The minimum atomic E-state index is -6.14. The number of rotatable bonds is 9. The fourth-order valence-corrected chi connectivity index (χ4v) is 8.34. The highest BCUT2D eigenvalue weighted by Crippen LogP contribution is 2.53. The number of likely N-dealkylation sites (tertiary alicyclic amines) is 1. The minimum absolute atomic E-state index is 0.0506. The van der Waals surface area contributed by atoms with Crippen molar-refractivity contribution in [1.82, 2.24) is 4.90 Å². The van der Waals surface area contributed by atoms with Crippen LogP contribution in [-0.4, -0.2) is 44.0 Å². The summed E-state index contributed by atoms with van der Waals surface area (Å²) in [5.41, 5.74) is -6.60. The van der Waals surface area contributed by atoms with Crippen molar-refractivity contribution in [3.05, 3.63) is 135 Å². The third-order valence-electron chi connectivity index (χ3n) is 8.25. The molecule has 5 rings (SSSR count). The molecule has 0 amide bonds. The molecular weight excluding hydrogens is 741 g/mol. The summed E-state index contributed by atoms with van der Waals surface area (Å²) in [6, 6.07) is 17.2. The summed E-state index contributed by atoms with van der Waals surface area (Å²) in [6.45, 7) is -1.40. The van der Waals surface area contributed by atoms with E-state index in [0.29, 0.717) is 30.8 Å². The Kier molecular flexibility index (Phi) is 10.1. The van der Waals surface area contributed by atoms with Crippen LogP contribution >= 0.6 is 15.9 Å². The molecule has 0 aromatic heterocycles. The molecule has 256 valence electrons. The lowest BCUT2D eigenvalue weighted by Crippen LogP contribution is -2.55. The largest absolute Gasteiger partial charge is 0.430 e. The van der Waals surface area contributed by atoms with Gasteiger partial charge in [0, 0.05) is 36.7 Å². The Bertz CT molecular complexity index is 1830. The molecule has 0 radical (unpaired) electrons. The van der Waals surface area contributed by atoms with Gasteiger partial charge in [-0.1, -0.05) is 60.7 Å². The van der Waals surface area contributed by atoms with E-state index in [1.807, 2.05) is 12.1 Å². The maximum atomic E-state index is 14.4. The summed E-state index contributed by atoms with van der Waals surface area (Å²) in [4.78, 5) is 1.56. The van der Waals surface area contributed by atoms with Crippen molar-refractivity contribution < 1.29 is 52.7 Å². The molecule has 1 fully saturated rings. The monoisotopic (exact) mass is 765 g/mol. The number of alkyl halides is 6. The lowest BCUT2D eigenvalue weighted by atomic mass is 9.88. The zero-order chi connectivity index (χ0) is 35.1. The third kappa shape index (κ3) is 6.87. The normalized spacial score (nSPS) is 18.0. The molecule has 15 heteroatoms. The Morgan fingerprint density at radius 2 is 1.35 bits per heavy atom. The van der Waals surface area contributed by atoms with Crippen molar-refractivity contribution in [2.24, 2.45) is 0 Å². The number of nitrogens with zero attached hydrogens (tertiary/aromatic N) is 1. The van der Waals surface area contributed by atoms with Crippen LogP contribution in [0.25, 0.3) is 0 Å². The van der Waals surface area contributed by atoms with Crippen molar-refractivity contribution in [2.75, 3.05) is 13.1 Å². The van der Waals surface area contributed by atoms with Gasteiger partial charge in [-0.2, -0.15) is 26.3 Å². The van der Waals surface area contributed by atoms with E-state index in [1.54, 1.807) is 23.1 Å². The molecule has 0 saturated carbocycles. The van der Waals surface area contributed by atoms with Gasteiger partial charge in [-0.05, 0) is 57.4 Å². The maximum absolute atomic E-state index is 14.4. The average Bonchev–Trinajstić information content (AvgIpc) is 3.44. The van der Waals surface area contributed by atoms with Crippen LogP contribution in [0.1, 0.15) is 28.2 Å². The topological polar surface area (TPSA) is 46.6 Å². The van der Waals surface area contributed by atoms with Crippen LogP contribution in [0.3, 0.4) is 0 Å². The fourth-order valence-electron chi connectivity index (χ4n) is 5.84. The Labute approximate surface area is 278 Å². The molecule has 1 aliphatic heterocycles. The molecule has 4 nitrogen and oxygen atoms in total. The summed E-state index contributed by atoms with van der Waals surface area (Å²) < 4.78 is 161. The van der Waals surface area contributed by atoms with Gasteiger partial charge in [0.1, 0.15) is 17.5 Å². The second-order valence-corrected chi connectivity index (χ2v) is 14.3. The van der Waals surface area contributed by atoms with Crippen LogP contribution < -0.4 is 0 Å². The Hall–Kier alpha value is -3.40. The van der Waals surface area contributed by atoms with Crippen LogP contribution in [-0.2, 0) is 33.3 Å². The van der Waals surface area contributed by atoms with E-state index in [-0.39, 0.29) is 28.0 Å². The molecular formula is C33H25BrF9NO3S. The average molecular weight is 767 g/mol. The van der Waals surface area contributed by atoms with E-state index >= 15 is 0 Å². The highest BCUT2D eigenvalue weighted by molar-refractivity contribution is 9.10. The van der Waals surface area contributed by atoms with Gasteiger partial charge >= 0.3 is 12.4 Å². The predicted octanol–water partition coefficient (Wildman–Crippen LogP) is 8.85. The minimum Gasteiger partial charge on any atom is -0.349 e. The number of sulfone groups is 1. The van der Waals surface area contributed by atoms with Crippen molar-refractivity contribution in [3.8, 4) is 0 Å². The van der Waals surface area contributed by atoms with Gasteiger partial charge in [-0.15, -0.1) is 0 Å². The lowest BCUT2D eigenvalue weighted by molar-refractivity contribution is -0.392. The highest BCUT2D eigenvalue weighted by Gasteiger charge is 2.73. The van der Waals surface area contributed by atoms with Crippen LogP contribution in [0.5, 0.6) is 0 Å². The molecule has 4 aromatic carbocycles. The van der Waals surface area contributed by atoms with Crippen molar-refractivity contribution in [1.29, 1.82) is 0 Å². The van der Waals surface area contributed by atoms with Gasteiger partial charge in [-0.25, -0.2) is 21.6 Å². The Morgan fingerprint density at radius 3 is 1.92 bits per heavy atom. The van der Waals surface area contributed by atoms with Crippen LogP contribution in [0.2, 0.25) is 0 Å². The molecule has 1 saturated heterocycles. The summed E-state index contributed by atoms with van der Waals surface area (Å²) >= 11 is 2.97. The maximum Gasteiger partial charge on any atom is 0.430 e. The number of hydrogen-bond acceptors (Lipinski definition) is 4. The number of halogens is 10. The first-order valence-electron chi connectivity index (χ1n) is 14.2. The second-order valence-electron chi connectivity index (χ2n) is 11.2. The lowest BCUT2D eigenvalue weighted by Gasteiger charge is -2.37. The molecule has 4 aromatic rings. The molecule has 0 spiro atoms. The van der Waals surface area contributed by atoms with Crippen molar-refractivity contribution in [2.45, 2.75) is 47.2 Å². The zero-order valence-corrected chi connectivity index (χ0v) is 26.9. The molecule has 0 N–H and O–H groups in total. The summed E-state index contributed by atoms with van der Waals surface area (Å²) in [6.07, 6.45) is -12.3. The second kappa shape index (κ2) is 13.5. The van der Waals surface area contributed by atoms with E-state index in [1.165, 1.54) is 0 Å². The van der Waals surface area contributed by atoms with Gasteiger partial charge in [-0.3, -0.25) is 4.90 Å². The smallest absolute Gasteiger partial charge is 0.349 e. The molecule has 0 bridgehead atoms. The van der Waals surface area contributed by atoms with E-state index in [0.717, 1.165) is 42.0 Å². The first-order valence-corrected chi connectivity index (χ1v) is 16.6. The molecule has 2 unspecified atom stereocenters. The molecule has 0 aliphatic carbocycles. The van der Waals surface area contributed by atoms with Crippen molar-refractivity contribution >= 4 is 25.8 Å². The Morgan fingerprint density at radius 1 is 0.750 bits per heavy atom. The van der Waals surface area contributed by atoms with Crippen LogP contribution in [0.4, 0.5) is 39.5 Å². The zero-order valence-electron chi connectivity index (χ0n) is 24.5. The van der Waals surface area contributed by atoms with E-state index in [9.17, 15) is 47.9 Å². The van der Waals surface area contributed by atoms with Gasteiger partial charge in [0.25, 0.3) is 5.60 Å². The van der Waals surface area contributed by atoms with Gasteiger partial charge in [0.15, 0.2) is 9.84 Å².